The third-order valence-corrected chi connectivity index (χ3v) is 2.04. The minimum Gasteiger partial charge on any atom is -0.406 e. The van der Waals surface area contributed by atoms with Crippen LogP contribution in [-0.4, -0.2) is 16.6 Å². The number of aromatic amines is 1. The summed E-state index contributed by atoms with van der Waals surface area (Å²) >= 11 is 0. The predicted molar refractivity (Wildman–Crippen MR) is 57.0 cm³/mol. The zero-order valence-corrected chi connectivity index (χ0v) is 8.86. The van der Waals surface area contributed by atoms with E-state index >= 15 is 0 Å². The molecule has 0 radical (unpaired) electrons. The molecule has 0 saturated heterocycles. The van der Waals surface area contributed by atoms with E-state index in [0.717, 1.165) is 0 Å². The average Bonchev–Trinajstić information content (AvgIpc) is 2.28. The second-order valence-electron chi connectivity index (χ2n) is 3.38. The lowest BCUT2D eigenvalue weighted by molar-refractivity contribution is -0.274. The molecule has 0 amide bonds. The van der Waals surface area contributed by atoms with Crippen molar-refractivity contribution in [2.24, 2.45) is 0 Å². The first-order chi connectivity index (χ1) is 8.44. The fourth-order valence-corrected chi connectivity index (χ4v) is 1.36. The molecule has 0 saturated carbocycles. The van der Waals surface area contributed by atoms with E-state index in [1.165, 1.54) is 30.3 Å². The first-order valence-electron chi connectivity index (χ1n) is 4.86. The SMILES string of the molecule is O=c1ccc(-c2cccc(OC(F)(F)F)c2)n[nH]1. The molecule has 0 aliphatic heterocycles. The van der Waals surface area contributed by atoms with E-state index < -0.39 is 6.36 Å². The van der Waals surface area contributed by atoms with Crippen LogP contribution in [0.4, 0.5) is 13.2 Å². The van der Waals surface area contributed by atoms with Crippen LogP contribution in [0.3, 0.4) is 0 Å². The van der Waals surface area contributed by atoms with Crippen molar-refractivity contribution >= 4 is 0 Å². The number of halogens is 3. The van der Waals surface area contributed by atoms with Gasteiger partial charge in [-0.25, -0.2) is 5.10 Å². The van der Waals surface area contributed by atoms with Crippen LogP contribution in [0.1, 0.15) is 0 Å². The summed E-state index contributed by atoms with van der Waals surface area (Å²) in [4.78, 5) is 10.8. The van der Waals surface area contributed by atoms with E-state index in [-0.39, 0.29) is 11.3 Å². The molecular formula is C11H7F3N2O2. The number of H-pyrrole nitrogens is 1. The molecule has 18 heavy (non-hydrogen) atoms. The molecule has 0 unspecified atom stereocenters. The van der Waals surface area contributed by atoms with Crippen molar-refractivity contribution in [3.63, 3.8) is 0 Å². The second kappa shape index (κ2) is 4.52. The average molecular weight is 256 g/mol. The minimum absolute atomic E-state index is 0.340. The fraction of sp³-hybridized carbons (Fsp3) is 0.0909. The van der Waals surface area contributed by atoms with Gasteiger partial charge in [0.05, 0.1) is 5.69 Å². The summed E-state index contributed by atoms with van der Waals surface area (Å²) in [5.74, 6) is -0.340. The van der Waals surface area contributed by atoms with Gasteiger partial charge in [-0.1, -0.05) is 12.1 Å². The Bertz CT molecular complexity index is 587. The van der Waals surface area contributed by atoms with Crippen molar-refractivity contribution in [3.05, 3.63) is 46.8 Å². The predicted octanol–water partition coefficient (Wildman–Crippen LogP) is 2.34. The van der Waals surface area contributed by atoms with Gasteiger partial charge in [0.2, 0.25) is 0 Å². The summed E-state index contributed by atoms with van der Waals surface area (Å²) in [6.45, 7) is 0. The molecule has 1 heterocycles. The van der Waals surface area contributed by atoms with E-state index in [9.17, 15) is 18.0 Å². The number of alkyl halides is 3. The summed E-state index contributed by atoms with van der Waals surface area (Å²) < 4.78 is 39.9. The molecule has 0 atom stereocenters. The van der Waals surface area contributed by atoms with E-state index in [2.05, 4.69) is 14.9 Å². The first-order valence-corrected chi connectivity index (χ1v) is 4.86. The lowest BCUT2D eigenvalue weighted by atomic mass is 10.1. The second-order valence-corrected chi connectivity index (χ2v) is 3.38. The first kappa shape index (κ1) is 12.2. The molecule has 4 nitrogen and oxygen atoms in total. The van der Waals surface area contributed by atoms with Crippen molar-refractivity contribution in [2.75, 3.05) is 0 Å². The highest BCUT2D eigenvalue weighted by Crippen LogP contribution is 2.26. The molecule has 0 fully saturated rings. The molecule has 94 valence electrons. The highest BCUT2D eigenvalue weighted by atomic mass is 19.4. The molecule has 7 heteroatoms. The Labute approximate surface area is 99.0 Å². The minimum atomic E-state index is -4.74. The van der Waals surface area contributed by atoms with Gasteiger partial charge in [-0.3, -0.25) is 4.79 Å². The highest BCUT2D eigenvalue weighted by Gasteiger charge is 2.31. The monoisotopic (exact) mass is 256 g/mol. The quantitative estimate of drug-likeness (QED) is 0.897. The number of aromatic nitrogens is 2. The van der Waals surface area contributed by atoms with Crippen molar-refractivity contribution in [3.8, 4) is 17.0 Å². The maximum Gasteiger partial charge on any atom is 0.573 e. The molecule has 2 rings (SSSR count). The van der Waals surface area contributed by atoms with Gasteiger partial charge in [-0.15, -0.1) is 13.2 Å². The Balaban J connectivity index is 2.32. The molecule has 0 spiro atoms. The van der Waals surface area contributed by atoms with Crippen LogP contribution in [0.15, 0.2) is 41.2 Å². The maximum atomic E-state index is 12.0. The van der Waals surface area contributed by atoms with Gasteiger partial charge in [-0.2, -0.15) is 5.10 Å². The van der Waals surface area contributed by atoms with E-state index in [1.54, 1.807) is 6.07 Å². The summed E-state index contributed by atoms with van der Waals surface area (Å²) in [6.07, 6.45) is -4.74. The van der Waals surface area contributed by atoms with Gasteiger partial charge in [0.1, 0.15) is 5.75 Å². The largest absolute Gasteiger partial charge is 0.573 e. The van der Waals surface area contributed by atoms with Gasteiger partial charge in [0.15, 0.2) is 0 Å². The van der Waals surface area contributed by atoms with Crippen LogP contribution in [0, 0.1) is 0 Å². The normalized spacial score (nSPS) is 11.3. The molecule has 1 aromatic heterocycles. The van der Waals surface area contributed by atoms with Gasteiger partial charge < -0.3 is 4.74 Å². The zero-order valence-electron chi connectivity index (χ0n) is 8.86. The van der Waals surface area contributed by atoms with Crippen LogP contribution in [0.2, 0.25) is 0 Å². The number of rotatable bonds is 2. The molecule has 0 aliphatic carbocycles. The number of nitrogens with zero attached hydrogens (tertiary/aromatic N) is 1. The van der Waals surface area contributed by atoms with E-state index in [1.807, 2.05) is 0 Å². The van der Waals surface area contributed by atoms with E-state index in [0.29, 0.717) is 11.3 Å². The smallest absolute Gasteiger partial charge is 0.406 e. The Hall–Kier alpha value is -2.31. The van der Waals surface area contributed by atoms with Gasteiger partial charge in [0, 0.05) is 11.6 Å². The summed E-state index contributed by atoms with van der Waals surface area (Å²) in [5.41, 5.74) is 0.372. The molecule has 0 aliphatic rings. The number of hydrogen-bond donors (Lipinski definition) is 1. The van der Waals surface area contributed by atoms with Crippen molar-refractivity contribution < 1.29 is 17.9 Å². The van der Waals surface area contributed by atoms with Crippen molar-refractivity contribution in [2.45, 2.75) is 6.36 Å². The summed E-state index contributed by atoms with van der Waals surface area (Å²) in [6, 6.07) is 7.98. The molecule has 0 bridgehead atoms. The molecule has 1 N–H and O–H groups in total. The molecule has 2 aromatic rings. The lowest BCUT2D eigenvalue weighted by Gasteiger charge is -2.09. The molecule has 1 aromatic carbocycles. The third kappa shape index (κ3) is 3.09. The van der Waals surface area contributed by atoms with Gasteiger partial charge >= 0.3 is 6.36 Å². The standard InChI is InChI=1S/C11H7F3N2O2/c12-11(13,14)18-8-3-1-2-7(6-8)9-4-5-10(17)16-15-9/h1-6H,(H,16,17). The maximum absolute atomic E-state index is 12.0. The molecular weight excluding hydrogens is 249 g/mol. The van der Waals surface area contributed by atoms with Crippen LogP contribution >= 0.6 is 0 Å². The topological polar surface area (TPSA) is 55.0 Å². The number of nitrogens with one attached hydrogen (secondary N) is 1. The number of ether oxygens (including phenoxy) is 1. The number of hydrogen-bond acceptors (Lipinski definition) is 3. The Morgan fingerprint density at radius 3 is 2.56 bits per heavy atom. The fourth-order valence-electron chi connectivity index (χ4n) is 1.36. The van der Waals surface area contributed by atoms with Crippen LogP contribution < -0.4 is 10.3 Å². The zero-order chi connectivity index (χ0) is 13.2. The van der Waals surface area contributed by atoms with Gasteiger partial charge in [-0.05, 0) is 18.2 Å². The van der Waals surface area contributed by atoms with Gasteiger partial charge in [0.25, 0.3) is 5.56 Å². The lowest BCUT2D eigenvalue weighted by Crippen LogP contribution is -2.17. The number of benzene rings is 1. The van der Waals surface area contributed by atoms with E-state index in [4.69, 9.17) is 0 Å². The third-order valence-electron chi connectivity index (χ3n) is 2.04. The van der Waals surface area contributed by atoms with Crippen molar-refractivity contribution in [1.82, 2.24) is 10.2 Å². The summed E-state index contributed by atoms with van der Waals surface area (Å²) in [7, 11) is 0. The van der Waals surface area contributed by atoms with Crippen LogP contribution in [0.25, 0.3) is 11.3 Å². The van der Waals surface area contributed by atoms with Crippen LogP contribution in [0.5, 0.6) is 5.75 Å². The summed E-state index contributed by atoms with van der Waals surface area (Å²) in [5, 5.41) is 5.91. The Morgan fingerprint density at radius 1 is 1.17 bits per heavy atom. The Kier molecular flexibility index (Phi) is 3.05. The van der Waals surface area contributed by atoms with Crippen molar-refractivity contribution in [1.29, 1.82) is 0 Å². The highest BCUT2D eigenvalue weighted by molar-refractivity contribution is 5.60. The van der Waals surface area contributed by atoms with Crippen LogP contribution in [-0.2, 0) is 0 Å². The Morgan fingerprint density at radius 2 is 1.94 bits per heavy atom.